The van der Waals surface area contributed by atoms with Crippen LogP contribution in [0.2, 0.25) is 0 Å². The van der Waals surface area contributed by atoms with Gasteiger partial charge in [-0.2, -0.15) is 0 Å². The minimum absolute atomic E-state index is 0.0816. The fourth-order valence-electron chi connectivity index (χ4n) is 4.44. The van der Waals surface area contributed by atoms with E-state index in [1.807, 2.05) is 54.6 Å². The van der Waals surface area contributed by atoms with Gasteiger partial charge in [0.15, 0.2) is 0 Å². The number of carbonyl (C=O) groups excluding carboxylic acids is 2. The van der Waals surface area contributed by atoms with Gasteiger partial charge in [-0.1, -0.05) is 42.5 Å². The van der Waals surface area contributed by atoms with Crippen LogP contribution in [-0.4, -0.2) is 55.5 Å². The number of rotatable bonds is 9. The van der Waals surface area contributed by atoms with Crippen LogP contribution in [0.5, 0.6) is 0 Å². The molecule has 1 aliphatic rings. The van der Waals surface area contributed by atoms with Gasteiger partial charge in [-0.3, -0.25) is 14.6 Å². The number of piperidine rings is 1. The number of nitrogens with one attached hydrogen (secondary N) is 2. The van der Waals surface area contributed by atoms with Crippen molar-refractivity contribution in [2.45, 2.75) is 31.8 Å². The van der Waals surface area contributed by atoms with Gasteiger partial charge in [0.2, 0.25) is 10.0 Å². The SMILES string of the molecule is CS(=O)(=O)NC1CCN(C(=O)c2cccc(Cc3cc(NCc4ccccc4)c(C(N)=O)cn3)c2)CC1. The predicted octanol–water partition coefficient (Wildman–Crippen LogP) is 2.54. The highest BCUT2D eigenvalue weighted by atomic mass is 32.2. The van der Waals surface area contributed by atoms with Crippen LogP contribution < -0.4 is 15.8 Å². The Labute approximate surface area is 217 Å². The number of anilines is 1. The molecule has 37 heavy (non-hydrogen) atoms. The van der Waals surface area contributed by atoms with Crippen LogP contribution in [0.1, 0.15) is 50.4 Å². The molecule has 1 aromatic heterocycles. The Morgan fingerprint density at radius 1 is 1.03 bits per heavy atom. The Kier molecular flexibility index (Phi) is 8.20. The third kappa shape index (κ3) is 7.37. The molecule has 3 aromatic rings. The van der Waals surface area contributed by atoms with E-state index in [4.69, 9.17) is 5.73 Å². The summed E-state index contributed by atoms with van der Waals surface area (Å²) in [6, 6.07) is 18.9. The second-order valence-corrected chi connectivity index (χ2v) is 11.0. The van der Waals surface area contributed by atoms with Gasteiger partial charge in [-0.05, 0) is 42.2 Å². The van der Waals surface area contributed by atoms with E-state index in [-0.39, 0.29) is 11.9 Å². The van der Waals surface area contributed by atoms with Crippen molar-refractivity contribution in [2.24, 2.45) is 5.73 Å². The largest absolute Gasteiger partial charge is 0.380 e. The monoisotopic (exact) mass is 521 g/mol. The first-order valence-electron chi connectivity index (χ1n) is 12.1. The molecule has 1 fully saturated rings. The molecule has 0 unspecified atom stereocenters. The molecule has 194 valence electrons. The van der Waals surface area contributed by atoms with Crippen LogP contribution in [-0.2, 0) is 23.0 Å². The van der Waals surface area contributed by atoms with Gasteiger partial charge in [-0.15, -0.1) is 0 Å². The molecule has 2 aromatic carbocycles. The summed E-state index contributed by atoms with van der Waals surface area (Å²) < 4.78 is 25.6. The van der Waals surface area contributed by atoms with Crippen molar-refractivity contribution < 1.29 is 18.0 Å². The van der Waals surface area contributed by atoms with Gasteiger partial charge in [0.05, 0.1) is 17.5 Å². The number of nitrogens with two attached hydrogens (primary N) is 1. The molecule has 0 saturated carbocycles. The Hall–Kier alpha value is -3.76. The average molecular weight is 522 g/mol. The molecule has 4 rings (SSSR count). The zero-order valence-corrected chi connectivity index (χ0v) is 21.5. The lowest BCUT2D eigenvalue weighted by molar-refractivity contribution is 0.0711. The quantitative estimate of drug-likeness (QED) is 0.396. The molecule has 0 aliphatic carbocycles. The second kappa shape index (κ2) is 11.5. The maximum atomic E-state index is 13.1. The molecule has 1 aliphatic heterocycles. The van der Waals surface area contributed by atoms with Gasteiger partial charge in [0, 0.05) is 49.6 Å². The maximum absolute atomic E-state index is 13.1. The highest BCUT2D eigenvalue weighted by molar-refractivity contribution is 7.88. The van der Waals surface area contributed by atoms with Crippen molar-refractivity contribution in [1.29, 1.82) is 0 Å². The maximum Gasteiger partial charge on any atom is 0.253 e. The van der Waals surface area contributed by atoms with Gasteiger partial charge >= 0.3 is 0 Å². The fourth-order valence-corrected chi connectivity index (χ4v) is 5.28. The number of benzene rings is 2. The van der Waals surface area contributed by atoms with Crippen LogP contribution >= 0.6 is 0 Å². The van der Waals surface area contributed by atoms with E-state index in [2.05, 4.69) is 15.0 Å². The van der Waals surface area contributed by atoms with E-state index < -0.39 is 15.9 Å². The van der Waals surface area contributed by atoms with Crippen molar-refractivity contribution >= 4 is 27.5 Å². The van der Waals surface area contributed by atoms with E-state index in [0.29, 0.717) is 55.7 Å². The smallest absolute Gasteiger partial charge is 0.253 e. The highest BCUT2D eigenvalue weighted by Crippen LogP contribution is 2.20. The number of hydrogen-bond donors (Lipinski definition) is 3. The molecule has 9 nitrogen and oxygen atoms in total. The number of hydrogen-bond acceptors (Lipinski definition) is 6. The summed E-state index contributed by atoms with van der Waals surface area (Å²) in [5.41, 5.74) is 9.77. The average Bonchev–Trinajstić information content (AvgIpc) is 2.87. The summed E-state index contributed by atoms with van der Waals surface area (Å²) >= 11 is 0. The standard InChI is InChI=1S/C27H31N5O4S/c1-37(35,36)31-22-10-12-32(13-11-22)27(34)21-9-5-8-20(14-21)15-23-16-25(24(18-29-23)26(28)33)30-17-19-6-3-2-4-7-19/h2-9,14,16,18,22,31H,10-13,15,17H2,1H3,(H2,28,33)(H,29,30). The minimum atomic E-state index is -3.27. The summed E-state index contributed by atoms with van der Waals surface area (Å²) in [5, 5.41) is 3.28. The zero-order valence-electron chi connectivity index (χ0n) is 20.7. The zero-order chi connectivity index (χ0) is 26.4. The van der Waals surface area contributed by atoms with Crippen LogP contribution in [0, 0.1) is 0 Å². The molecule has 0 radical (unpaired) electrons. The molecule has 0 bridgehead atoms. The Morgan fingerprint density at radius 2 is 1.73 bits per heavy atom. The molecular weight excluding hydrogens is 490 g/mol. The van der Waals surface area contributed by atoms with E-state index in [1.54, 1.807) is 11.0 Å². The number of likely N-dealkylation sites (tertiary alicyclic amines) is 1. The topological polar surface area (TPSA) is 134 Å². The number of amides is 2. The predicted molar refractivity (Wildman–Crippen MR) is 143 cm³/mol. The number of nitrogens with zero attached hydrogens (tertiary/aromatic N) is 2. The third-order valence-corrected chi connectivity index (χ3v) is 7.04. The summed E-state index contributed by atoms with van der Waals surface area (Å²) in [4.78, 5) is 31.2. The first-order valence-corrected chi connectivity index (χ1v) is 14.0. The molecule has 1 saturated heterocycles. The summed E-state index contributed by atoms with van der Waals surface area (Å²) in [5.74, 6) is -0.639. The second-order valence-electron chi connectivity index (χ2n) is 9.26. The van der Waals surface area contributed by atoms with Crippen molar-refractivity contribution in [2.75, 3.05) is 24.7 Å². The van der Waals surface area contributed by atoms with Crippen LogP contribution in [0.15, 0.2) is 66.9 Å². The van der Waals surface area contributed by atoms with Crippen LogP contribution in [0.3, 0.4) is 0 Å². The Bertz CT molecular complexity index is 1370. The van der Waals surface area contributed by atoms with Gasteiger partial charge < -0.3 is 16.0 Å². The van der Waals surface area contributed by atoms with Gasteiger partial charge in [-0.25, -0.2) is 13.1 Å². The molecule has 0 spiro atoms. The number of aromatic nitrogens is 1. The number of primary amides is 1. The highest BCUT2D eigenvalue weighted by Gasteiger charge is 2.25. The van der Waals surface area contributed by atoms with Gasteiger partial charge in [0.25, 0.3) is 11.8 Å². The lowest BCUT2D eigenvalue weighted by atomic mass is 10.0. The van der Waals surface area contributed by atoms with Crippen molar-refractivity contribution in [1.82, 2.24) is 14.6 Å². The number of pyridine rings is 1. The van der Waals surface area contributed by atoms with Crippen molar-refractivity contribution in [3.8, 4) is 0 Å². The van der Waals surface area contributed by atoms with E-state index >= 15 is 0 Å². The van der Waals surface area contributed by atoms with E-state index in [1.165, 1.54) is 6.20 Å². The Balaban J connectivity index is 1.44. The normalized spacial score (nSPS) is 14.4. The summed E-state index contributed by atoms with van der Waals surface area (Å²) in [6.07, 6.45) is 4.25. The van der Waals surface area contributed by atoms with E-state index in [0.717, 1.165) is 23.1 Å². The number of sulfonamides is 1. The van der Waals surface area contributed by atoms with Gasteiger partial charge in [0.1, 0.15) is 0 Å². The van der Waals surface area contributed by atoms with Crippen molar-refractivity contribution in [3.63, 3.8) is 0 Å². The fraction of sp³-hybridized carbons (Fsp3) is 0.296. The van der Waals surface area contributed by atoms with E-state index in [9.17, 15) is 18.0 Å². The minimum Gasteiger partial charge on any atom is -0.380 e. The summed E-state index contributed by atoms with van der Waals surface area (Å²) in [6.45, 7) is 1.51. The molecule has 2 heterocycles. The van der Waals surface area contributed by atoms with Crippen LogP contribution in [0.4, 0.5) is 5.69 Å². The first-order chi connectivity index (χ1) is 17.7. The lowest BCUT2D eigenvalue weighted by Crippen LogP contribution is -2.46. The first kappa shape index (κ1) is 26.3. The molecule has 4 N–H and O–H groups in total. The molecular formula is C27H31N5O4S. The Morgan fingerprint density at radius 3 is 2.41 bits per heavy atom. The molecule has 0 atom stereocenters. The lowest BCUT2D eigenvalue weighted by Gasteiger charge is -2.32. The van der Waals surface area contributed by atoms with Crippen LogP contribution in [0.25, 0.3) is 0 Å². The third-order valence-electron chi connectivity index (χ3n) is 6.27. The van der Waals surface area contributed by atoms with Crippen molar-refractivity contribution in [3.05, 3.63) is 94.8 Å². The number of carbonyl (C=O) groups is 2. The molecule has 2 amide bonds. The molecule has 10 heteroatoms. The summed E-state index contributed by atoms with van der Waals surface area (Å²) in [7, 11) is -3.27.